The molecule has 0 N–H and O–H groups in total. The van der Waals surface area contributed by atoms with Gasteiger partial charge in [0.15, 0.2) is 0 Å². The molecule has 3 nitrogen and oxygen atoms in total. The molecule has 0 saturated carbocycles. The van der Waals surface area contributed by atoms with E-state index < -0.39 is 0 Å². The van der Waals surface area contributed by atoms with Crippen LogP contribution in [0.25, 0.3) is 0 Å². The maximum absolute atomic E-state index is 12.5. The third kappa shape index (κ3) is 3.13. The highest BCUT2D eigenvalue weighted by molar-refractivity contribution is 8.00. The summed E-state index contributed by atoms with van der Waals surface area (Å²) in [5.41, 5.74) is 0. The highest BCUT2D eigenvalue weighted by atomic mass is 35.5. The Kier molecular flexibility index (Phi) is 4.54. The number of benzene rings is 1. The summed E-state index contributed by atoms with van der Waals surface area (Å²) in [6, 6.07) is 8.11. The van der Waals surface area contributed by atoms with E-state index in [0.29, 0.717) is 6.04 Å². The number of hydrogen-bond acceptors (Lipinski definition) is 3. The summed E-state index contributed by atoms with van der Waals surface area (Å²) in [6.07, 6.45) is 2.87. The number of thioether (sulfide) groups is 1. The first-order valence-corrected chi connectivity index (χ1v) is 8.30. The van der Waals surface area contributed by atoms with Crippen LogP contribution in [-0.2, 0) is 9.53 Å². The van der Waals surface area contributed by atoms with Crippen LogP contribution in [0.2, 0.25) is 5.02 Å². The van der Waals surface area contributed by atoms with Gasteiger partial charge in [0.1, 0.15) is 0 Å². The van der Waals surface area contributed by atoms with Gasteiger partial charge in [-0.05, 0) is 37.5 Å². The fourth-order valence-corrected chi connectivity index (χ4v) is 4.24. The second kappa shape index (κ2) is 6.37. The number of nitrogens with zero attached hydrogens (tertiary/aromatic N) is 1. The van der Waals surface area contributed by atoms with Crippen LogP contribution >= 0.6 is 23.4 Å². The summed E-state index contributed by atoms with van der Waals surface area (Å²) in [6.45, 7) is 2.43. The fraction of sp³-hybridized carbons (Fsp3) is 0.533. The molecule has 5 heteroatoms. The van der Waals surface area contributed by atoms with Crippen LogP contribution in [0.1, 0.15) is 19.3 Å². The van der Waals surface area contributed by atoms with Crippen molar-refractivity contribution < 1.29 is 9.53 Å². The highest BCUT2D eigenvalue weighted by Crippen LogP contribution is 2.33. The number of ether oxygens (including phenoxy) is 1. The van der Waals surface area contributed by atoms with E-state index in [2.05, 4.69) is 4.90 Å². The Bertz CT molecular complexity index is 491. The zero-order chi connectivity index (χ0) is 13.9. The van der Waals surface area contributed by atoms with Crippen molar-refractivity contribution in [2.45, 2.75) is 35.4 Å². The largest absolute Gasteiger partial charge is 0.381 e. The monoisotopic (exact) mass is 311 g/mol. The fourth-order valence-electron chi connectivity index (χ4n) is 2.85. The van der Waals surface area contributed by atoms with Gasteiger partial charge in [-0.25, -0.2) is 0 Å². The van der Waals surface area contributed by atoms with Crippen molar-refractivity contribution >= 4 is 29.3 Å². The molecule has 1 aromatic carbocycles. The van der Waals surface area contributed by atoms with Crippen LogP contribution in [0, 0.1) is 0 Å². The Labute approximate surface area is 128 Å². The minimum atomic E-state index is 0.0383. The molecule has 20 heavy (non-hydrogen) atoms. The van der Waals surface area contributed by atoms with Gasteiger partial charge in [-0.1, -0.05) is 17.7 Å². The lowest BCUT2D eigenvalue weighted by Gasteiger charge is -2.31. The molecule has 3 rings (SSSR count). The molecule has 0 aromatic heterocycles. The Balaban J connectivity index is 1.63. The summed E-state index contributed by atoms with van der Waals surface area (Å²) in [5, 5.41) is 0.762. The maximum atomic E-state index is 12.5. The maximum Gasteiger partial charge on any atom is 0.236 e. The molecule has 108 valence electrons. The topological polar surface area (TPSA) is 29.5 Å². The quantitative estimate of drug-likeness (QED) is 0.858. The second-order valence-electron chi connectivity index (χ2n) is 5.23. The van der Waals surface area contributed by atoms with Crippen LogP contribution in [0.4, 0.5) is 0 Å². The summed E-state index contributed by atoms with van der Waals surface area (Å²) in [4.78, 5) is 15.7. The molecule has 0 radical (unpaired) electrons. The molecule has 0 spiro atoms. The normalized spacial score (nSPS) is 24.4. The van der Waals surface area contributed by atoms with E-state index in [0.717, 1.165) is 48.9 Å². The number of amides is 1. The van der Waals surface area contributed by atoms with Gasteiger partial charge < -0.3 is 9.64 Å². The lowest BCUT2D eigenvalue weighted by atomic mass is 10.1. The van der Waals surface area contributed by atoms with Gasteiger partial charge in [-0.15, -0.1) is 11.8 Å². The zero-order valence-electron chi connectivity index (χ0n) is 11.3. The Morgan fingerprint density at radius 2 is 2.05 bits per heavy atom. The van der Waals surface area contributed by atoms with Gasteiger partial charge in [0, 0.05) is 35.7 Å². The van der Waals surface area contributed by atoms with Crippen molar-refractivity contribution in [2.75, 3.05) is 19.8 Å². The average Bonchev–Trinajstić information content (AvgIpc) is 2.81. The molecule has 2 fully saturated rings. The third-order valence-corrected chi connectivity index (χ3v) is 5.38. The molecule has 2 aliphatic heterocycles. The number of carbonyl (C=O) groups excluding carboxylic acids is 1. The number of hydrogen-bond donors (Lipinski definition) is 0. The molecule has 2 aliphatic rings. The molecule has 0 bridgehead atoms. The van der Waals surface area contributed by atoms with E-state index >= 15 is 0 Å². The van der Waals surface area contributed by atoms with Crippen LogP contribution in [0.15, 0.2) is 29.2 Å². The van der Waals surface area contributed by atoms with E-state index in [1.54, 1.807) is 11.8 Å². The van der Waals surface area contributed by atoms with Gasteiger partial charge in [0.05, 0.1) is 5.25 Å². The third-order valence-electron chi connectivity index (χ3n) is 3.90. The summed E-state index contributed by atoms with van der Waals surface area (Å²) < 4.78 is 5.37. The molecule has 0 unspecified atom stereocenters. The standard InChI is InChI=1S/C15H18ClNO2S/c16-11-2-1-3-13(10-11)20-14-4-7-17(15(14)18)12-5-8-19-9-6-12/h1-3,10,12,14H,4-9H2/t14-/m1/s1. The van der Waals surface area contributed by atoms with Crippen molar-refractivity contribution in [3.05, 3.63) is 29.3 Å². The van der Waals surface area contributed by atoms with Crippen molar-refractivity contribution in [3.63, 3.8) is 0 Å². The van der Waals surface area contributed by atoms with Crippen LogP contribution < -0.4 is 0 Å². The Hall–Kier alpha value is -0.710. The molecule has 1 amide bonds. The average molecular weight is 312 g/mol. The van der Waals surface area contributed by atoms with Crippen LogP contribution in [0.5, 0.6) is 0 Å². The molecule has 1 aromatic rings. The van der Waals surface area contributed by atoms with E-state index in [9.17, 15) is 4.79 Å². The summed E-state index contributed by atoms with van der Waals surface area (Å²) in [5.74, 6) is 0.280. The van der Waals surface area contributed by atoms with Gasteiger partial charge in [-0.3, -0.25) is 4.79 Å². The predicted molar refractivity (Wildman–Crippen MR) is 81.3 cm³/mol. The lowest BCUT2D eigenvalue weighted by molar-refractivity contribution is -0.130. The van der Waals surface area contributed by atoms with E-state index in [4.69, 9.17) is 16.3 Å². The molecule has 0 aliphatic carbocycles. The smallest absolute Gasteiger partial charge is 0.236 e. The minimum absolute atomic E-state index is 0.0383. The van der Waals surface area contributed by atoms with Crippen molar-refractivity contribution in [2.24, 2.45) is 0 Å². The number of halogens is 1. The van der Waals surface area contributed by atoms with Crippen LogP contribution in [-0.4, -0.2) is 41.9 Å². The number of carbonyl (C=O) groups is 1. The highest BCUT2D eigenvalue weighted by Gasteiger charge is 2.36. The molecule has 1 atom stereocenters. The first kappa shape index (κ1) is 14.2. The number of rotatable bonds is 3. The van der Waals surface area contributed by atoms with E-state index in [-0.39, 0.29) is 11.2 Å². The van der Waals surface area contributed by atoms with E-state index in [1.165, 1.54) is 0 Å². The molecular weight excluding hydrogens is 294 g/mol. The SMILES string of the molecule is O=C1[C@H](Sc2cccc(Cl)c2)CCN1C1CCOCC1. The second-order valence-corrected chi connectivity index (χ2v) is 6.94. The molecule has 2 saturated heterocycles. The summed E-state index contributed by atoms with van der Waals surface area (Å²) in [7, 11) is 0. The Morgan fingerprint density at radius 3 is 2.80 bits per heavy atom. The van der Waals surface area contributed by atoms with Gasteiger partial charge in [-0.2, -0.15) is 0 Å². The molecule has 2 heterocycles. The predicted octanol–water partition coefficient (Wildman–Crippen LogP) is 3.21. The molecular formula is C15H18ClNO2S. The zero-order valence-corrected chi connectivity index (χ0v) is 12.8. The van der Waals surface area contributed by atoms with Gasteiger partial charge >= 0.3 is 0 Å². The van der Waals surface area contributed by atoms with Crippen molar-refractivity contribution in [3.8, 4) is 0 Å². The van der Waals surface area contributed by atoms with Gasteiger partial charge in [0.25, 0.3) is 0 Å². The lowest BCUT2D eigenvalue weighted by Crippen LogP contribution is -2.41. The first-order valence-electron chi connectivity index (χ1n) is 7.04. The minimum Gasteiger partial charge on any atom is -0.381 e. The van der Waals surface area contributed by atoms with Crippen molar-refractivity contribution in [1.82, 2.24) is 4.90 Å². The number of likely N-dealkylation sites (tertiary alicyclic amines) is 1. The first-order chi connectivity index (χ1) is 9.74. The van der Waals surface area contributed by atoms with E-state index in [1.807, 2.05) is 24.3 Å². The van der Waals surface area contributed by atoms with Crippen LogP contribution in [0.3, 0.4) is 0 Å². The van der Waals surface area contributed by atoms with Crippen molar-refractivity contribution in [1.29, 1.82) is 0 Å². The van der Waals surface area contributed by atoms with Gasteiger partial charge in [0.2, 0.25) is 5.91 Å². The Morgan fingerprint density at radius 1 is 1.25 bits per heavy atom. The summed E-state index contributed by atoms with van der Waals surface area (Å²) >= 11 is 7.63.